The van der Waals surface area contributed by atoms with E-state index in [9.17, 15) is 18.8 Å². The molecule has 3 amide bonds. The minimum absolute atomic E-state index is 0.00829. The topological polar surface area (TPSA) is 66.5 Å². The molecule has 0 saturated carbocycles. The molecule has 1 aliphatic heterocycles. The molecular weight excluding hydrogens is 358 g/mol. The lowest BCUT2D eigenvalue weighted by Gasteiger charge is -2.08. The largest absolute Gasteiger partial charge is 0.322 e. The van der Waals surface area contributed by atoms with Crippen molar-refractivity contribution in [3.05, 3.63) is 62.9 Å². The van der Waals surface area contributed by atoms with Crippen LogP contribution in [0.1, 0.15) is 31.1 Å². The highest BCUT2D eigenvalue weighted by atomic mass is 35.5. The van der Waals surface area contributed by atoms with Crippen molar-refractivity contribution < 1.29 is 18.8 Å². The Hall–Kier alpha value is -2.44. The Morgan fingerprint density at radius 2 is 1.71 bits per heavy atom. The van der Waals surface area contributed by atoms with E-state index >= 15 is 0 Å². The Balaban J connectivity index is 1.91. The van der Waals surface area contributed by atoms with Gasteiger partial charge >= 0.3 is 0 Å². The van der Waals surface area contributed by atoms with E-state index in [1.54, 1.807) is 0 Å². The highest BCUT2D eigenvalue weighted by molar-refractivity contribution is 6.37. The Morgan fingerprint density at radius 1 is 1.04 bits per heavy atom. The molecule has 0 fully saturated rings. The quantitative estimate of drug-likeness (QED) is 0.652. The molecular formula is C16H9Cl2FN2O3. The number of benzene rings is 2. The fourth-order valence-corrected chi connectivity index (χ4v) is 2.80. The first kappa shape index (κ1) is 16.4. The molecule has 1 aliphatic rings. The molecule has 0 bridgehead atoms. The number of hydrogen-bond acceptors (Lipinski definition) is 3. The van der Waals surface area contributed by atoms with Gasteiger partial charge in [-0.3, -0.25) is 19.3 Å². The van der Waals surface area contributed by atoms with Crippen molar-refractivity contribution in [1.29, 1.82) is 0 Å². The summed E-state index contributed by atoms with van der Waals surface area (Å²) in [4.78, 5) is 37.0. The number of anilines is 1. The number of carbonyl (C=O) groups is 3. The molecule has 2 aromatic carbocycles. The van der Waals surface area contributed by atoms with Gasteiger partial charge in [0.05, 0.1) is 26.7 Å². The molecule has 1 heterocycles. The van der Waals surface area contributed by atoms with Crippen LogP contribution in [0.25, 0.3) is 0 Å². The second kappa shape index (κ2) is 5.89. The summed E-state index contributed by atoms with van der Waals surface area (Å²) in [5, 5.41) is 2.31. The predicted molar refractivity (Wildman–Crippen MR) is 87.2 cm³/mol. The second-order valence-electron chi connectivity index (χ2n) is 5.13. The van der Waals surface area contributed by atoms with Crippen LogP contribution in [0.4, 0.5) is 10.1 Å². The molecule has 0 radical (unpaired) electrons. The van der Waals surface area contributed by atoms with Gasteiger partial charge in [-0.2, -0.15) is 0 Å². The minimum Gasteiger partial charge on any atom is -0.322 e. The number of imide groups is 1. The van der Waals surface area contributed by atoms with Crippen LogP contribution in [-0.2, 0) is 0 Å². The zero-order chi connectivity index (χ0) is 17.6. The summed E-state index contributed by atoms with van der Waals surface area (Å²) >= 11 is 11.5. The molecule has 0 aliphatic carbocycles. The van der Waals surface area contributed by atoms with Crippen molar-refractivity contribution in [2.24, 2.45) is 0 Å². The molecule has 0 spiro atoms. The summed E-state index contributed by atoms with van der Waals surface area (Å²) in [6, 6.07) is 6.36. The van der Waals surface area contributed by atoms with E-state index in [1.165, 1.54) is 25.2 Å². The van der Waals surface area contributed by atoms with Crippen LogP contribution >= 0.6 is 23.2 Å². The zero-order valence-corrected chi connectivity index (χ0v) is 13.7. The van der Waals surface area contributed by atoms with Gasteiger partial charge < -0.3 is 5.32 Å². The molecule has 0 unspecified atom stereocenters. The van der Waals surface area contributed by atoms with Crippen molar-refractivity contribution in [2.75, 3.05) is 12.4 Å². The third-order valence-corrected chi connectivity index (χ3v) is 4.20. The summed E-state index contributed by atoms with van der Waals surface area (Å²) in [6.07, 6.45) is 0. The number of nitrogens with one attached hydrogen (secondary N) is 1. The third kappa shape index (κ3) is 2.64. The van der Waals surface area contributed by atoms with Crippen LogP contribution in [-0.4, -0.2) is 29.7 Å². The van der Waals surface area contributed by atoms with Crippen molar-refractivity contribution in [3.8, 4) is 0 Å². The molecule has 0 saturated heterocycles. The summed E-state index contributed by atoms with van der Waals surface area (Å²) in [5.74, 6) is -2.31. The maximum absolute atomic E-state index is 13.5. The van der Waals surface area contributed by atoms with Gasteiger partial charge in [-0.15, -0.1) is 0 Å². The molecule has 122 valence electrons. The Morgan fingerprint density at radius 3 is 2.42 bits per heavy atom. The maximum Gasteiger partial charge on any atom is 0.261 e. The monoisotopic (exact) mass is 366 g/mol. The fraction of sp³-hybridized carbons (Fsp3) is 0.0625. The smallest absolute Gasteiger partial charge is 0.261 e. The Bertz CT molecular complexity index is 914. The van der Waals surface area contributed by atoms with Crippen LogP contribution in [0.5, 0.6) is 0 Å². The van der Waals surface area contributed by atoms with Crippen LogP contribution in [0.3, 0.4) is 0 Å². The SMILES string of the molecule is CN1C(=O)c2ccc(NC(=O)c3cc(F)c(Cl)cc3Cl)cc2C1=O. The minimum atomic E-state index is -0.775. The Labute approximate surface area is 146 Å². The lowest BCUT2D eigenvalue weighted by Crippen LogP contribution is -2.24. The molecule has 1 N–H and O–H groups in total. The van der Waals surface area contributed by atoms with Gasteiger partial charge in [0.1, 0.15) is 5.82 Å². The fourth-order valence-electron chi connectivity index (χ4n) is 2.33. The third-order valence-electron chi connectivity index (χ3n) is 3.60. The molecule has 3 rings (SSSR count). The van der Waals surface area contributed by atoms with Crippen molar-refractivity contribution in [3.63, 3.8) is 0 Å². The summed E-state index contributed by atoms with van der Waals surface area (Å²) in [6.45, 7) is 0. The van der Waals surface area contributed by atoms with Crippen molar-refractivity contribution in [2.45, 2.75) is 0 Å². The van der Waals surface area contributed by atoms with Crippen LogP contribution < -0.4 is 5.32 Å². The van der Waals surface area contributed by atoms with Crippen molar-refractivity contribution >= 4 is 46.6 Å². The van der Waals surface area contributed by atoms with Gasteiger partial charge in [-0.1, -0.05) is 23.2 Å². The van der Waals surface area contributed by atoms with Gasteiger partial charge in [-0.05, 0) is 30.3 Å². The number of hydrogen-bond donors (Lipinski definition) is 1. The van der Waals surface area contributed by atoms with E-state index in [0.717, 1.165) is 17.0 Å². The first-order valence-corrected chi connectivity index (χ1v) is 7.47. The lowest BCUT2D eigenvalue weighted by molar-refractivity contribution is 0.0692. The number of amides is 3. The highest BCUT2D eigenvalue weighted by Gasteiger charge is 2.32. The van der Waals surface area contributed by atoms with E-state index < -0.39 is 23.5 Å². The molecule has 0 aromatic heterocycles. The molecule has 5 nitrogen and oxygen atoms in total. The van der Waals surface area contributed by atoms with Crippen LogP contribution in [0.2, 0.25) is 10.0 Å². The number of fused-ring (bicyclic) bond motifs is 1. The summed E-state index contributed by atoms with van der Waals surface area (Å²) in [7, 11) is 1.37. The first-order valence-electron chi connectivity index (χ1n) is 6.72. The molecule has 24 heavy (non-hydrogen) atoms. The van der Waals surface area contributed by atoms with Gasteiger partial charge in [0.15, 0.2) is 0 Å². The van der Waals surface area contributed by atoms with E-state index in [0.29, 0.717) is 0 Å². The zero-order valence-electron chi connectivity index (χ0n) is 12.2. The van der Waals surface area contributed by atoms with Gasteiger partial charge in [0.2, 0.25) is 0 Å². The normalized spacial score (nSPS) is 13.2. The Kier molecular flexibility index (Phi) is 4.03. The highest BCUT2D eigenvalue weighted by Crippen LogP contribution is 2.27. The maximum atomic E-state index is 13.5. The van der Waals surface area contributed by atoms with Gasteiger partial charge in [0.25, 0.3) is 17.7 Å². The van der Waals surface area contributed by atoms with Gasteiger partial charge in [0, 0.05) is 12.7 Å². The molecule has 2 aromatic rings. The van der Waals surface area contributed by atoms with E-state index in [-0.39, 0.29) is 32.4 Å². The standard InChI is InChI=1S/C16H9Cl2FN2O3/c1-21-15(23)8-3-2-7(4-9(8)16(21)24)20-14(22)10-5-13(19)12(18)6-11(10)17/h2-6H,1H3,(H,20,22). The summed E-state index contributed by atoms with van der Waals surface area (Å²) in [5.41, 5.74) is 0.630. The summed E-state index contributed by atoms with van der Waals surface area (Å²) < 4.78 is 13.5. The van der Waals surface area contributed by atoms with E-state index in [2.05, 4.69) is 5.32 Å². The number of rotatable bonds is 2. The van der Waals surface area contributed by atoms with Crippen LogP contribution in [0.15, 0.2) is 30.3 Å². The lowest BCUT2D eigenvalue weighted by atomic mass is 10.1. The molecule has 8 heteroatoms. The number of nitrogens with zero attached hydrogens (tertiary/aromatic N) is 1. The number of carbonyl (C=O) groups excluding carboxylic acids is 3. The van der Waals surface area contributed by atoms with Crippen molar-refractivity contribution in [1.82, 2.24) is 4.90 Å². The molecule has 0 atom stereocenters. The first-order chi connectivity index (χ1) is 11.3. The number of halogens is 3. The van der Waals surface area contributed by atoms with Gasteiger partial charge in [-0.25, -0.2) is 4.39 Å². The average molecular weight is 367 g/mol. The average Bonchev–Trinajstić information content (AvgIpc) is 2.75. The predicted octanol–water partition coefficient (Wildman–Crippen LogP) is 3.61. The van der Waals surface area contributed by atoms with Crippen LogP contribution in [0, 0.1) is 5.82 Å². The van der Waals surface area contributed by atoms with E-state index in [4.69, 9.17) is 23.2 Å². The van der Waals surface area contributed by atoms with E-state index in [1.807, 2.05) is 0 Å². The second-order valence-corrected chi connectivity index (χ2v) is 5.94.